The highest BCUT2D eigenvalue weighted by Crippen LogP contribution is 2.27. The van der Waals surface area contributed by atoms with E-state index in [2.05, 4.69) is 12.1 Å². The van der Waals surface area contributed by atoms with E-state index in [0.717, 1.165) is 19.3 Å². The predicted octanol–water partition coefficient (Wildman–Crippen LogP) is 1.58. The molecular weight excluding hydrogens is 252 g/mol. The SMILES string of the molecule is COCCN(C(=O)C(N)CCc1ccccc1)C1CC1. The maximum Gasteiger partial charge on any atom is 0.239 e. The Morgan fingerprint density at radius 2 is 2.10 bits per heavy atom. The lowest BCUT2D eigenvalue weighted by Gasteiger charge is -2.25. The molecule has 0 heterocycles. The van der Waals surface area contributed by atoms with Crippen molar-refractivity contribution in [2.75, 3.05) is 20.3 Å². The van der Waals surface area contributed by atoms with Crippen LogP contribution in [-0.4, -0.2) is 43.2 Å². The zero-order chi connectivity index (χ0) is 14.4. The minimum absolute atomic E-state index is 0.0699. The number of carbonyl (C=O) groups excluding carboxylic acids is 1. The summed E-state index contributed by atoms with van der Waals surface area (Å²) >= 11 is 0. The van der Waals surface area contributed by atoms with Gasteiger partial charge >= 0.3 is 0 Å². The van der Waals surface area contributed by atoms with Crippen LogP contribution in [0.25, 0.3) is 0 Å². The van der Waals surface area contributed by atoms with Gasteiger partial charge in [0.2, 0.25) is 5.91 Å². The quantitative estimate of drug-likeness (QED) is 0.784. The molecule has 4 heteroatoms. The first-order valence-corrected chi connectivity index (χ1v) is 7.31. The first-order chi connectivity index (χ1) is 9.72. The molecule has 1 aliphatic rings. The fourth-order valence-corrected chi connectivity index (χ4v) is 2.35. The van der Waals surface area contributed by atoms with Gasteiger partial charge in [0.15, 0.2) is 0 Å². The highest BCUT2D eigenvalue weighted by Gasteiger charge is 2.34. The maximum absolute atomic E-state index is 12.4. The molecule has 1 saturated carbocycles. The zero-order valence-electron chi connectivity index (χ0n) is 12.1. The monoisotopic (exact) mass is 276 g/mol. The fraction of sp³-hybridized carbons (Fsp3) is 0.562. The lowest BCUT2D eigenvalue weighted by atomic mass is 10.0. The molecule has 0 bridgehead atoms. The van der Waals surface area contributed by atoms with Crippen molar-refractivity contribution in [1.82, 2.24) is 4.90 Å². The van der Waals surface area contributed by atoms with Crippen molar-refractivity contribution in [2.24, 2.45) is 5.73 Å². The lowest BCUT2D eigenvalue weighted by molar-refractivity contribution is -0.134. The van der Waals surface area contributed by atoms with Gasteiger partial charge in [-0.15, -0.1) is 0 Å². The van der Waals surface area contributed by atoms with Crippen molar-refractivity contribution >= 4 is 5.91 Å². The number of nitrogens with two attached hydrogens (primary N) is 1. The Balaban J connectivity index is 1.83. The van der Waals surface area contributed by atoms with Crippen molar-refractivity contribution in [3.63, 3.8) is 0 Å². The van der Waals surface area contributed by atoms with Crippen molar-refractivity contribution in [2.45, 2.75) is 37.8 Å². The molecule has 1 unspecified atom stereocenters. The average molecular weight is 276 g/mol. The summed E-state index contributed by atoms with van der Waals surface area (Å²) in [6, 6.07) is 10.1. The van der Waals surface area contributed by atoms with E-state index in [0.29, 0.717) is 25.6 Å². The Bertz CT molecular complexity index is 418. The molecule has 0 spiro atoms. The van der Waals surface area contributed by atoms with Gasteiger partial charge in [-0.2, -0.15) is 0 Å². The number of amides is 1. The molecule has 0 aliphatic heterocycles. The van der Waals surface area contributed by atoms with Crippen LogP contribution in [0.5, 0.6) is 0 Å². The number of hydrogen-bond acceptors (Lipinski definition) is 3. The Kier molecular flexibility index (Phi) is 5.56. The molecule has 20 heavy (non-hydrogen) atoms. The number of nitrogens with zero attached hydrogens (tertiary/aromatic N) is 1. The van der Waals surface area contributed by atoms with Crippen LogP contribution in [0.4, 0.5) is 0 Å². The van der Waals surface area contributed by atoms with Crippen molar-refractivity contribution in [3.05, 3.63) is 35.9 Å². The molecule has 1 aromatic rings. The molecule has 1 fully saturated rings. The summed E-state index contributed by atoms with van der Waals surface area (Å²) in [5.74, 6) is 0.0699. The average Bonchev–Trinajstić information content (AvgIpc) is 3.31. The molecular formula is C16H24N2O2. The number of hydrogen-bond donors (Lipinski definition) is 1. The molecule has 4 nitrogen and oxygen atoms in total. The third-order valence-corrected chi connectivity index (χ3v) is 3.71. The van der Waals surface area contributed by atoms with Crippen LogP contribution in [0.1, 0.15) is 24.8 Å². The van der Waals surface area contributed by atoms with E-state index in [1.165, 1.54) is 5.56 Å². The van der Waals surface area contributed by atoms with Gasteiger partial charge in [0.1, 0.15) is 0 Å². The standard InChI is InChI=1S/C16H24N2O2/c1-20-12-11-18(14-8-9-14)16(19)15(17)10-7-13-5-3-2-4-6-13/h2-6,14-15H,7-12,17H2,1H3. The van der Waals surface area contributed by atoms with Gasteiger partial charge < -0.3 is 15.4 Å². The summed E-state index contributed by atoms with van der Waals surface area (Å²) in [7, 11) is 1.66. The zero-order valence-corrected chi connectivity index (χ0v) is 12.1. The Labute approximate surface area is 120 Å². The van der Waals surface area contributed by atoms with Crippen LogP contribution in [0, 0.1) is 0 Å². The first kappa shape index (κ1) is 15.0. The third-order valence-electron chi connectivity index (χ3n) is 3.71. The second-order valence-electron chi connectivity index (χ2n) is 5.39. The summed E-state index contributed by atoms with van der Waals surface area (Å²) in [5.41, 5.74) is 7.30. The van der Waals surface area contributed by atoms with Crippen LogP contribution in [0.2, 0.25) is 0 Å². The fourth-order valence-electron chi connectivity index (χ4n) is 2.35. The minimum atomic E-state index is -0.410. The minimum Gasteiger partial charge on any atom is -0.383 e. The second-order valence-corrected chi connectivity index (χ2v) is 5.39. The van der Waals surface area contributed by atoms with Gasteiger partial charge in [0.05, 0.1) is 12.6 Å². The largest absolute Gasteiger partial charge is 0.383 e. The van der Waals surface area contributed by atoms with Crippen LogP contribution >= 0.6 is 0 Å². The number of rotatable bonds is 8. The number of aryl methyl sites for hydroxylation is 1. The molecule has 110 valence electrons. The number of benzene rings is 1. The molecule has 0 radical (unpaired) electrons. The first-order valence-electron chi connectivity index (χ1n) is 7.31. The summed E-state index contributed by atoms with van der Waals surface area (Å²) in [6.45, 7) is 1.23. The van der Waals surface area contributed by atoms with Gasteiger partial charge in [-0.05, 0) is 31.2 Å². The topological polar surface area (TPSA) is 55.6 Å². The molecule has 0 aromatic heterocycles. The molecule has 1 amide bonds. The second kappa shape index (κ2) is 7.41. The van der Waals surface area contributed by atoms with E-state index < -0.39 is 6.04 Å². The van der Waals surface area contributed by atoms with E-state index in [-0.39, 0.29) is 5.91 Å². The smallest absolute Gasteiger partial charge is 0.239 e. The maximum atomic E-state index is 12.4. The third kappa shape index (κ3) is 4.32. The molecule has 0 saturated heterocycles. The highest BCUT2D eigenvalue weighted by atomic mass is 16.5. The Hall–Kier alpha value is -1.39. The highest BCUT2D eigenvalue weighted by molar-refractivity contribution is 5.82. The lowest BCUT2D eigenvalue weighted by Crippen LogP contribution is -2.46. The van der Waals surface area contributed by atoms with Crippen molar-refractivity contribution in [3.8, 4) is 0 Å². The van der Waals surface area contributed by atoms with Gasteiger partial charge in [0, 0.05) is 19.7 Å². The molecule has 2 rings (SSSR count). The van der Waals surface area contributed by atoms with Gasteiger partial charge in [-0.25, -0.2) is 0 Å². The predicted molar refractivity (Wildman–Crippen MR) is 79.3 cm³/mol. The van der Waals surface area contributed by atoms with Crippen LogP contribution in [0.15, 0.2) is 30.3 Å². The molecule has 1 aromatic carbocycles. The Morgan fingerprint density at radius 1 is 1.40 bits per heavy atom. The van der Waals surface area contributed by atoms with Crippen LogP contribution in [0.3, 0.4) is 0 Å². The van der Waals surface area contributed by atoms with E-state index in [1.807, 2.05) is 23.1 Å². The molecule has 2 N–H and O–H groups in total. The van der Waals surface area contributed by atoms with Crippen molar-refractivity contribution in [1.29, 1.82) is 0 Å². The number of carbonyl (C=O) groups is 1. The van der Waals surface area contributed by atoms with E-state index >= 15 is 0 Å². The van der Waals surface area contributed by atoms with E-state index in [1.54, 1.807) is 7.11 Å². The Morgan fingerprint density at radius 3 is 2.70 bits per heavy atom. The van der Waals surface area contributed by atoms with Crippen LogP contribution in [-0.2, 0) is 16.0 Å². The molecule has 1 aliphatic carbocycles. The normalized spacial score (nSPS) is 15.9. The van der Waals surface area contributed by atoms with Gasteiger partial charge in [0.25, 0.3) is 0 Å². The van der Waals surface area contributed by atoms with Gasteiger partial charge in [-0.1, -0.05) is 30.3 Å². The summed E-state index contributed by atoms with van der Waals surface area (Å²) < 4.78 is 5.07. The number of ether oxygens (including phenoxy) is 1. The van der Waals surface area contributed by atoms with E-state index in [4.69, 9.17) is 10.5 Å². The summed E-state index contributed by atoms with van der Waals surface area (Å²) in [6.07, 6.45) is 3.73. The summed E-state index contributed by atoms with van der Waals surface area (Å²) in [5, 5.41) is 0. The van der Waals surface area contributed by atoms with Crippen molar-refractivity contribution < 1.29 is 9.53 Å². The molecule has 1 atom stereocenters. The number of methoxy groups -OCH3 is 1. The van der Waals surface area contributed by atoms with Gasteiger partial charge in [-0.3, -0.25) is 4.79 Å². The summed E-state index contributed by atoms with van der Waals surface area (Å²) in [4.78, 5) is 14.3. The van der Waals surface area contributed by atoms with Crippen LogP contribution < -0.4 is 5.73 Å². The van der Waals surface area contributed by atoms with E-state index in [9.17, 15) is 4.79 Å².